The number of fused-ring (bicyclic) bond motifs is 1. The Bertz CT molecular complexity index is 995. The molecule has 0 radical (unpaired) electrons. The highest BCUT2D eigenvalue weighted by molar-refractivity contribution is 5.72. The summed E-state index contributed by atoms with van der Waals surface area (Å²) in [7, 11) is 1.57. The van der Waals surface area contributed by atoms with Crippen LogP contribution in [0.2, 0.25) is 0 Å². The van der Waals surface area contributed by atoms with Gasteiger partial charge in [0.2, 0.25) is 5.88 Å². The maximum absolute atomic E-state index is 5.07. The lowest BCUT2D eigenvalue weighted by Gasteiger charge is -2.11. The summed E-state index contributed by atoms with van der Waals surface area (Å²) < 4.78 is 6.84. The molecular weight excluding hydrogens is 322 g/mol. The van der Waals surface area contributed by atoms with Gasteiger partial charge in [-0.3, -0.25) is 0 Å². The van der Waals surface area contributed by atoms with Crippen molar-refractivity contribution in [1.82, 2.24) is 40.1 Å². The van der Waals surface area contributed by atoms with E-state index in [0.717, 1.165) is 5.69 Å². The summed E-state index contributed by atoms with van der Waals surface area (Å²) in [6.45, 7) is 1.98. The van der Waals surface area contributed by atoms with Crippen molar-refractivity contribution in [2.75, 3.05) is 12.4 Å². The second kappa shape index (κ2) is 6.15. The smallest absolute Gasteiger partial charge is 0.210 e. The van der Waals surface area contributed by atoms with Gasteiger partial charge in [0.05, 0.1) is 31.2 Å². The molecule has 0 fully saturated rings. The van der Waals surface area contributed by atoms with E-state index >= 15 is 0 Å². The van der Waals surface area contributed by atoms with Gasteiger partial charge in [-0.1, -0.05) is 0 Å². The lowest BCUT2D eigenvalue weighted by molar-refractivity contribution is 0.397. The van der Waals surface area contributed by atoms with Gasteiger partial charge in [-0.15, -0.1) is 0 Å². The van der Waals surface area contributed by atoms with Crippen molar-refractivity contribution in [1.29, 1.82) is 0 Å². The summed E-state index contributed by atoms with van der Waals surface area (Å²) >= 11 is 0. The van der Waals surface area contributed by atoms with Crippen LogP contribution in [0.4, 0.5) is 11.6 Å². The van der Waals surface area contributed by atoms with Gasteiger partial charge in [0.15, 0.2) is 17.3 Å². The molecule has 4 rings (SSSR count). The van der Waals surface area contributed by atoms with Crippen molar-refractivity contribution in [2.24, 2.45) is 0 Å². The summed E-state index contributed by atoms with van der Waals surface area (Å²) in [5.41, 5.74) is 2.14. The minimum absolute atomic E-state index is 0.124. The van der Waals surface area contributed by atoms with E-state index in [9.17, 15) is 0 Å². The first kappa shape index (κ1) is 15.0. The van der Waals surface area contributed by atoms with Crippen LogP contribution in [0.1, 0.15) is 18.7 Å². The van der Waals surface area contributed by atoms with Crippen LogP contribution in [0.15, 0.2) is 36.8 Å². The Morgan fingerprint density at radius 2 is 2.20 bits per heavy atom. The van der Waals surface area contributed by atoms with E-state index in [2.05, 4.69) is 40.8 Å². The van der Waals surface area contributed by atoms with Gasteiger partial charge in [-0.2, -0.15) is 20.4 Å². The van der Waals surface area contributed by atoms with Gasteiger partial charge in [0.25, 0.3) is 0 Å². The number of aromatic amines is 1. The van der Waals surface area contributed by atoms with Gasteiger partial charge >= 0.3 is 0 Å². The Morgan fingerprint density at radius 1 is 1.28 bits per heavy atom. The van der Waals surface area contributed by atoms with E-state index in [-0.39, 0.29) is 6.04 Å². The summed E-state index contributed by atoms with van der Waals surface area (Å²) in [6.07, 6.45) is 4.94. The second-order valence-corrected chi connectivity index (χ2v) is 5.32. The standard InChI is InChI=1S/C15H15N9O/c1-9(10-4-3-5-17-21-10)24-15-11(7-18-24)16-8-13(20-15)19-12-6-14(25-2)23-22-12/h3-9H,1-2H3,(H2,19,20,22,23). The molecule has 25 heavy (non-hydrogen) atoms. The molecule has 0 saturated heterocycles. The molecule has 10 heteroatoms. The van der Waals surface area contributed by atoms with Crippen LogP contribution in [0.5, 0.6) is 5.88 Å². The molecule has 1 atom stereocenters. The number of hydrogen-bond acceptors (Lipinski definition) is 8. The number of ether oxygens (including phenoxy) is 1. The van der Waals surface area contributed by atoms with E-state index in [1.165, 1.54) is 0 Å². The fraction of sp³-hybridized carbons (Fsp3) is 0.200. The molecule has 0 spiro atoms. The van der Waals surface area contributed by atoms with Crippen LogP contribution in [0.25, 0.3) is 11.2 Å². The Kier molecular flexibility index (Phi) is 3.69. The van der Waals surface area contributed by atoms with Crippen molar-refractivity contribution in [3.8, 4) is 5.88 Å². The first-order valence-electron chi connectivity index (χ1n) is 7.59. The molecule has 0 saturated carbocycles. The monoisotopic (exact) mass is 337 g/mol. The van der Waals surface area contributed by atoms with Gasteiger partial charge in [0, 0.05) is 12.3 Å². The van der Waals surface area contributed by atoms with Crippen LogP contribution in [-0.2, 0) is 0 Å². The van der Waals surface area contributed by atoms with Crippen molar-refractivity contribution < 1.29 is 4.74 Å². The topological polar surface area (TPSA) is 119 Å². The normalized spacial score (nSPS) is 12.2. The molecule has 0 aliphatic rings. The summed E-state index contributed by atoms with van der Waals surface area (Å²) in [5.74, 6) is 1.69. The third-order valence-electron chi connectivity index (χ3n) is 3.72. The fourth-order valence-electron chi connectivity index (χ4n) is 2.43. The third kappa shape index (κ3) is 2.84. The second-order valence-electron chi connectivity index (χ2n) is 5.32. The Balaban J connectivity index is 1.67. The predicted octanol–water partition coefficient (Wildman–Crippen LogP) is 1.70. The highest BCUT2D eigenvalue weighted by Crippen LogP contribution is 2.22. The number of methoxy groups -OCH3 is 1. The molecule has 0 aliphatic carbocycles. The number of hydrogen-bond donors (Lipinski definition) is 2. The predicted molar refractivity (Wildman–Crippen MR) is 89.6 cm³/mol. The summed E-state index contributed by atoms with van der Waals surface area (Å²) in [4.78, 5) is 8.98. The molecule has 0 aromatic carbocycles. The van der Waals surface area contributed by atoms with Crippen LogP contribution in [0.3, 0.4) is 0 Å². The van der Waals surface area contributed by atoms with Gasteiger partial charge in [0.1, 0.15) is 5.52 Å². The van der Waals surface area contributed by atoms with Gasteiger partial charge in [-0.25, -0.2) is 19.7 Å². The molecule has 4 heterocycles. The molecule has 0 amide bonds. The largest absolute Gasteiger partial charge is 0.481 e. The SMILES string of the molecule is COc1cc(Nc2cnc3cnn(C(C)c4cccnn4)c3n2)n[nH]1. The summed E-state index contributed by atoms with van der Waals surface area (Å²) in [5, 5.41) is 22.4. The van der Waals surface area contributed by atoms with E-state index in [1.54, 1.807) is 36.4 Å². The first-order valence-corrected chi connectivity index (χ1v) is 7.59. The maximum Gasteiger partial charge on any atom is 0.210 e. The van der Waals surface area contributed by atoms with E-state index in [0.29, 0.717) is 28.7 Å². The molecular formula is C15H15N9O. The molecule has 0 bridgehead atoms. The highest BCUT2D eigenvalue weighted by atomic mass is 16.5. The number of H-pyrrole nitrogens is 1. The Morgan fingerprint density at radius 3 is 2.96 bits per heavy atom. The Labute approximate surface area is 142 Å². The van der Waals surface area contributed by atoms with Gasteiger partial charge < -0.3 is 10.1 Å². The maximum atomic E-state index is 5.07. The minimum atomic E-state index is -0.124. The summed E-state index contributed by atoms with van der Waals surface area (Å²) in [6, 6.07) is 5.34. The average Bonchev–Trinajstić information content (AvgIpc) is 3.28. The Hall–Kier alpha value is -3.56. The average molecular weight is 337 g/mol. The molecule has 126 valence electrons. The van der Waals surface area contributed by atoms with E-state index < -0.39 is 0 Å². The van der Waals surface area contributed by atoms with E-state index in [4.69, 9.17) is 4.74 Å². The van der Waals surface area contributed by atoms with Crippen molar-refractivity contribution in [3.05, 3.63) is 42.5 Å². The minimum Gasteiger partial charge on any atom is -0.481 e. The zero-order chi connectivity index (χ0) is 17.2. The first-order chi connectivity index (χ1) is 12.2. The zero-order valence-electron chi connectivity index (χ0n) is 13.6. The zero-order valence-corrected chi connectivity index (χ0v) is 13.6. The number of rotatable bonds is 5. The van der Waals surface area contributed by atoms with Crippen molar-refractivity contribution in [3.63, 3.8) is 0 Å². The molecule has 4 aromatic rings. The lowest BCUT2D eigenvalue weighted by atomic mass is 10.2. The lowest BCUT2D eigenvalue weighted by Crippen LogP contribution is -2.11. The molecule has 10 nitrogen and oxygen atoms in total. The molecule has 2 N–H and O–H groups in total. The van der Waals surface area contributed by atoms with Crippen LogP contribution >= 0.6 is 0 Å². The van der Waals surface area contributed by atoms with Crippen molar-refractivity contribution in [2.45, 2.75) is 13.0 Å². The molecule has 4 aromatic heterocycles. The van der Waals surface area contributed by atoms with Crippen LogP contribution in [0, 0.1) is 0 Å². The van der Waals surface area contributed by atoms with Gasteiger partial charge in [-0.05, 0) is 19.1 Å². The van der Waals surface area contributed by atoms with E-state index in [1.807, 2.05) is 19.1 Å². The third-order valence-corrected chi connectivity index (χ3v) is 3.72. The molecule has 0 aliphatic heterocycles. The van der Waals surface area contributed by atoms with Crippen LogP contribution < -0.4 is 10.1 Å². The number of anilines is 2. The number of nitrogens with zero attached hydrogens (tertiary/aromatic N) is 7. The van der Waals surface area contributed by atoms with Crippen molar-refractivity contribution >= 4 is 22.8 Å². The number of aromatic nitrogens is 8. The fourth-order valence-corrected chi connectivity index (χ4v) is 2.43. The highest BCUT2D eigenvalue weighted by Gasteiger charge is 2.16. The number of nitrogens with one attached hydrogen (secondary N) is 2. The van der Waals surface area contributed by atoms with Crippen LogP contribution in [-0.4, -0.2) is 47.3 Å². The molecule has 1 unspecified atom stereocenters. The quantitative estimate of drug-likeness (QED) is 0.565.